The van der Waals surface area contributed by atoms with Crippen LogP contribution in [-0.2, 0) is 12.6 Å². The predicted molar refractivity (Wildman–Crippen MR) is 120 cm³/mol. The molecule has 5 heterocycles. The number of halogens is 1. The highest BCUT2D eigenvalue weighted by atomic mass is 19.1. The van der Waals surface area contributed by atoms with Gasteiger partial charge in [-0.15, -0.1) is 0 Å². The summed E-state index contributed by atoms with van der Waals surface area (Å²) in [7, 11) is 1.76. The van der Waals surface area contributed by atoms with Gasteiger partial charge in [-0.25, -0.2) is 14.2 Å². The van der Waals surface area contributed by atoms with Crippen molar-refractivity contribution in [3.8, 4) is 16.9 Å². The number of pyridine rings is 2. The highest BCUT2D eigenvalue weighted by molar-refractivity contribution is 6.09. The Hall–Kier alpha value is -3.42. The van der Waals surface area contributed by atoms with Crippen molar-refractivity contribution in [3.63, 3.8) is 0 Å². The van der Waals surface area contributed by atoms with Crippen molar-refractivity contribution in [2.45, 2.75) is 31.2 Å². The van der Waals surface area contributed by atoms with Crippen LogP contribution in [0.25, 0.3) is 33.1 Å². The maximum atomic E-state index is 15.5. The van der Waals surface area contributed by atoms with Gasteiger partial charge in [0.2, 0.25) is 0 Å². The molecule has 0 bridgehead atoms. The van der Waals surface area contributed by atoms with Gasteiger partial charge >= 0.3 is 5.69 Å². The first-order valence-corrected chi connectivity index (χ1v) is 11.1. The van der Waals surface area contributed by atoms with Gasteiger partial charge in [0.05, 0.1) is 39.2 Å². The second-order valence-electron chi connectivity index (χ2n) is 9.24. The molecule has 1 saturated carbocycles. The highest BCUT2D eigenvalue weighted by Crippen LogP contribution is 2.51. The second-order valence-corrected chi connectivity index (χ2v) is 9.24. The summed E-state index contributed by atoms with van der Waals surface area (Å²) in [6.07, 6.45) is 7.46. The monoisotopic (exact) mass is 431 g/mol. The number of benzene rings is 1. The maximum absolute atomic E-state index is 15.5. The largest absolute Gasteiger partial charge is 0.490 e. The highest BCUT2D eigenvalue weighted by Gasteiger charge is 2.50. The summed E-state index contributed by atoms with van der Waals surface area (Å²) in [5.41, 5.74) is 2.62. The fraction of sp³-hybridized carbons (Fsp3) is 0.375. The Morgan fingerprint density at radius 3 is 2.66 bits per heavy atom. The molecule has 0 amide bonds. The number of fused-ring (bicyclic) bond motifs is 1. The molecule has 32 heavy (non-hydrogen) atoms. The summed E-state index contributed by atoms with van der Waals surface area (Å²) in [6.45, 7) is 2.34. The number of aromatic nitrogens is 4. The summed E-state index contributed by atoms with van der Waals surface area (Å²) in [4.78, 5) is 24.5. The molecule has 0 radical (unpaired) electrons. The van der Waals surface area contributed by atoms with E-state index in [4.69, 9.17) is 4.74 Å². The molecule has 7 rings (SSSR count). The van der Waals surface area contributed by atoms with E-state index in [1.165, 1.54) is 18.9 Å². The first-order valence-electron chi connectivity index (χ1n) is 11.1. The lowest BCUT2D eigenvalue weighted by molar-refractivity contribution is 0.241. The van der Waals surface area contributed by atoms with Crippen molar-refractivity contribution in [2.75, 3.05) is 24.6 Å². The van der Waals surface area contributed by atoms with Crippen LogP contribution in [0.15, 0.2) is 35.4 Å². The van der Waals surface area contributed by atoms with Crippen LogP contribution in [0.5, 0.6) is 5.75 Å². The molecule has 3 aliphatic rings. The molecule has 1 saturated heterocycles. The van der Waals surface area contributed by atoms with Gasteiger partial charge < -0.3 is 9.64 Å². The molecule has 0 N–H and O–H groups in total. The van der Waals surface area contributed by atoms with E-state index in [-0.39, 0.29) is 11.2 Å². The van der Waals surface area contributed by atoms with Crippen LogP contribution in [0.1, 0.15) is 25.7 Å². The Morgan fingerprint density at radius 1 is 1.12 bits per heavy atom. The Balaban J connectivity index is 1.51. The minimum Gasteiger partial charge on any atom is -0.490 e. The van der Waals surface area contributed by atoms with E-state index in [1.54, 1.807) is 24.0 Å². The lowest BCUT2D eigenvalue weighted by Crippen LogP contribution is -2.34. The van der Waals surface area contributed by atoms with Gasteiger partial charge in [-0.3, -0.25) is 14.1 Å². The Kier molecular flexibility index (Phi) is 3.46. The first kappa shape index (κ1) is 18.2. The molecule has 0 atom stereocenters. The molecule has 7 nitrogen and oxygen atoms in total. The number of hydrogen-bond donors (Lipinski definition) is 0. The van der Waals surface area contributed by atoms with Gasteiger partial charge in [0.15, 0.2) is 0 Å². The van der Waals surface area contributed by atoms with Crippen LogP contribution >= 0.6 is 0 Å². The van der Waals surface area contributed by atoms with E-state index >= 15 is 4.39 Å². The van der Waals surface area contributed by atoms with Crippen molar-refractivity contribution in [1.29, 1.82) is 0 Å². The number of ether oxygens (including phenoxy) is 1. The lowest BCUT2D eigenvalue weighted by atomic mass is 10.0. The Bertz CT molecular complexity index is 1480. The van der Waals surface area contributed by atoms with Gasteiger partial charge in [0.25, 0.3) is 0 Å². The third-order valence-corrected chi connectivity index (χ3v) is 7.33. The summed E-state index contributed by atoms with van der Waals surface area (Å²) >= 11 is 0. The molecule has 3 aromatic heterocycles. The van der Waals surface area contributed by atoms with Crippen LogP contribution < -0.4 is 15.3 Å². The average Bonchev–Trinajstić information content (AvgIpc) is 3.31. The number of anilines is 1. The summed E-state index contributed by atoms with van der Waals surface area (Å²) in [5, 5.41) is 0.698. The van der Waals surface area contributed by atoms with Gasteiger partial charge in [-0.2, -0.15) is 0 Å². The number of imidazole rings is 1. The molecular weight excluding hydrogens is 409 g/mol. The molecule has 4 aromatic rings. The molecule has 1 aliphatic carbocycles. The van der Waals surface area contributed by atoms with E-state index in [0.717, 1.165) is 42.8 Å². The number of nitrogens with zero attached hydrogens (tertiary/aromatic N) is 5. The van der Waals surface area contributed by atoms with Crippen molar-refractivity contribution in [1.82, 2.24) is 19.1 Å². The minimum atomic E-state index is -0.397. The predicted octanol–water partition coefficient (Wildman–Crippen LogP) is 3.57. The molecule has 2 aliphatic heterocycles. The fourth-order valence-electron chi connectivity index (χ4n) is 5.39. The van der Waals surface area contributed by atoms with Crippen molar-refractivity contribution in [3.05, 3.63) is 46.9 Å². The molecule has 8 heteroatoms. The summed E-state index contributed by atoms with van der Waals surface area (Å²) < 4.78 is 25.3. The standard InChI is InChI=1S/C24H22FN5O2/c1-28-17-12-26-16-10-15(25)19(14-4-5-18(27-11-14)29-8-2-3-9-29)22-20(16)21(17)30(23(28)31)24(6-7-24)13-32-22/h4-5,10-12H,2-3,6-9,13H2,1H3. The molecular formula is C24H22FN5O2. The van der Waals surface area contributed by atoms with E-state index in [9.17, 15) is 4.79 Å². The zero-order valence-corrected chi connectivity index (χ0v) is 17.8. The second kappa shape index (κ2) is 6.09. The SMILES string of the molecule is Cn1c(=O)n2c3c4c(c(-c5ccc(N6CCCC6)nc5)c(F)cc4ncc31)OCC21CC1. The average molecular weight is 431 g/mol. The van der Waals surface area contributed by atoms with Gasteiger partial charge in [0, 0.05) is 38.0 Å². The molecule has 1 aromatic carbocycles. The third kappa shape index (κ3) is 2.27. The zero-order valence-electron chi connectivity index (χ0n) is 17.8. The molecule has 0 unspecified atom stereocenters. The third-order valence-electron chi connectivity index (χ3n) is 7.33. The van der Waals surface area contributed by atoms with Crippen LogP contribution in [0.3, 0.4) is 0 Å². The Morgan fingerprint density at radius 2 is 1.94 bits per heavy atom. The van der Waals surface area contributed by atoms with Crippen LogP contribution in [0, 0.1) is 5.82 Å². The van der Waals surface area contributed by atoms with Crippen LogP contribution in [-0.4, -0.2) is 38.8 Å². The number of aryl methyl sites for hydroxylation is 1. The van der Waals surface area contributed by atoms with E-state index in [1.807, 2.05) is 16.7 Å². The quantitative estimate of drug-likeness (QED) is 0.486. The first-order chi connectivity index (χ1) is 15.6. The topological polar surface area (TPSA) is 65.2 Å². The number of hydrogen-bond acceptors (Lipinski definition) is 5. The van der Waals surface area contributed by atoms with E-state index < -0.39 is 5.82 Å². The van der Waals surface area contributed by atoms with Gasteiger partial charge in [-0.1, -0.05) is 0 Å². The summed E-state index contributed by atoms with van der Waals surface area (Å²) in [5.74, 6) is 0.973. The van der Waals surface area contributed by atoms with E-state index in [2.05, 4.69) is 14.9 Å². The lowest BCUT2D eigenvalue weighted by Gasteiger charge is -2.18. The van der Waals surface area contributed by atoms with Crippen molar-refractivity contribution >= 4 is 27.8 Å². The van der Waals surface area contributed by atoms with Crippen LogP contribution in [0.4, 0.5) is 10.2 Å². The maximum Gasteiger partial charge on any atom is 0.329 e. The fourth-order valence-corrected chi connectivity index (χ4v) is 5.39. The Labute approximate surface area is 183 Å². The molecule has 162 valence electrons. The normalized spacial score (nSPS) is 18.6. The number of rotatable bonds is 2. The van der Waals surface area contributed by atoms with Gasteiger partial charge in [-0.05, 0) is 37.8 Å². The van der Waals surface area contributed by atoms with Crippen molar-refractivity contribution in [2.24, 2.45) is 7.05 Å². The van der Waals surface area contributed by atoms with Gasteiger partial charge in [0.1, 0.15) is 24.0 Å². The summed E-state index contributed by atoms with van der Waals surface area (Å²) in [6, 6.07) is 5.31. The molecule has 1 spiro atoms. The van der Waals surface area contributed by atoms with E-state index in [0.29, 0.717) is 34.4 Å². The smallest absolute Gasteiger partial charge is 0.329 e. The zero-order chi connectivity index (χ0) is 21.6. The van der Waals surface area contributed by atoms with Crippen molar-refractivity contribution < 1.29 is 9.13 Å². The minimum absolute atomic E-state index is 0.0780. The molecule has 2 fully saturated rings. The van der Waals surface area contributed by atoms with Crippen LogP contribution in [0.2, 0.25) is 0 Å².